The van der Waals surface area contributed by atoms with Crippen molar-refractivity contribution in [1.29, 1.82) is 0 Å². The van der Waals surface area contributed by atoms with Crippen molar-refractivity contribution in [3.63, 3.8) is 0 Å². The number of hydrogen-bond acceptors (Lipinski definition) is 2. The molecule has 0 saturated carbocycles. The number of halogens is 1. The van der Waals surface area contributed by atoms with Crippen molar-refractivity contribution in [2.24, 2.45) is 12.0 Å². The van der Waals surface area contributed by atoms with Gasteiger partial charge in [-0.2, -0.15) is 8.96 Å². The van der Waals surface area contributed by atoms with Crippen molar-refractivity contribution in [2.45, 2.75) is 65.7 Å². The smallest absolute Gasteiger partial charge is 0.299 e. The average Bonchev–Trinajstić information content (AvgIpc) is 3.55. The van der Waals surface area contributed by atoms with Crippen LogP contribution >= 0.6 is 0 Å². The van der Waals surface area contributed by atoms with Gasteiger partial charge in [-0.05, 0) is 55.9 Å². The molecule has 212 valence electrons. The van der Waals surface area contributed by atoms with Crippen molar-refractivity contribution < 1.29 is 13.4 Å². The second-order valence-electron chi connectivity index (χ2n) is 12.9. The minimum Gasteiger partial charge on any atom is -0.453 e. The van der Waals surface area contributed by atoms with Crippen LogP contribution in [0.15, 0.2) is 76.1 Å². The number of hydrogen-bond donors (Lipinski definition) is 0. The summed E-state index contributed by atoms with van der Waals surface area (Å²) in [5.74, 6) is 1.35. The number of rotatable bonds is 4. The molecule has 3 heterocycles. The third-order valence-corrected chi connectivity index (χ3v) is 9.19. The maximum atomic E-state index is 15.0. The predicted octanol–water partition coefficient (Wildman–Crippen LogP) is 9.87. The van der Waals surface area contributed by atoms with E-state index in [9.17, 15) is 0 Å². The molecule has 7 rings (SSSR count). The molecular formula is C37H37FN3O+. The SMILES string of the molecule is Cc1ccc2c(oc3c4c(ccc32)C(C)(C)C(F)=N4)c1-c1n(-c2c(C(C)C)cccc2C(C)C)c2ccccc2[n+]1C. The van der Waals surface area contributed by atoms with Crippen LogP contribution in [-0.4, -0.2) is 10.5 Å². The van der Waals surface area contributed by atoms with Gasteiger partial charge >= 0.3 is 0 Å². The van der Waals surface area contributed by atoms with Crippen molar-refractivity contribution in [1.82, 2.24) is 4.57 Å². The fourth-order valence-electron chi connectivity index (χ4n) is 6.82. The van der Waals surface area contributed by atoms with E-state index in [0.29, 0.717) is 23.1 Å². The van der Waals surface area contributed by atoms with Gasteiger partial charge in [-0.15, -0.1) is 0 Å². The zero-order chi connectivity index (χ0) is 29.7. The molecule has 1 aliphatic heterocycles. The van der Waals surface area contributed by atoms with Gasteiger partial charge in [0.15, 0.2) is 28.2 Å². The second-order valence-corrected chi connectivity index (χ2v) is 12.9. The van der Waals surface area contributed by atoms with E-state index in [1.54, 1.807) is 0 Å². The topological polar surface area (TPSA) is 34.3 Å². The van der Waals surface area contributed by atoms with Crippen LogP contribution in [0.3, 0.4) is 0 Å². The minimum absolute atomic E-state index is 0.333. The van der Waals surface area contributed by atoms with E-state index >= 15 is 4.39 Å². The van der Waals surface area contributed by atoms with Crippen molar-refractivity contribution in [3.05, 3.63) is 89.0 Å². The minimum atomic E-state index is -0.770. The number of para-hydroxylation sites is 3. The van der Waals surface area contributed by atoms with Crippen LogP contribution in [0.2, 0.25) is 0 Å². The lowest BCUT2D eigenvalue weighted by molar-refractivity contribution is -0.633. The Hall–Kier alpha value is -4.25. The fourth-order valence-corrected chi connectivity index (χ4v) is 6.82. The molecule has 0 spiro atoms. The third kappa shape index (κ3) is 3.52. The summed E-state index contributed by atoms with van der Waals surface area (Å²) in [4.78, 5) is 4.38. The van der Waals surface area contributed by atoms with Gasteiger partial charge in [-0.25, -0.2) is 9.56 Å². The van der Waals surface area contributed by atoms with Gasteiger partial charge in [0.1, 0.15) is 16.9 Å². The molecule has 0 fully saturated rings. The Kier molecular flexibility index (Phi) is 5.79. The highest BCUT2D eigenvalue weighted by Gasteiger charge is 2.38. The number of imidazole rings is 1. The van der Waals surface area contributed by atoms with Crippen LogP contribution in [0.4, 0.5) is 10.1 Å². The molecule has 1 aliphatic rings. The molecule has 4 aromatic carbocycles. The highest BCUT2D eigenvalue weighted by Crippen LogP contribution is 2.48. The van der Waals surface area contributed by atoms with Gasteiger partial charge in [0, 0.05) is 21.9 Å². The maximum Gasteiger partial charge on any atom is 0.299 e. The molecule has 5 heteroatoms. The van der Waals surface area contributed by atoms with E-state index in [2.05, 4.69) is 116 Å². The van der Waals surface area contributed by atoms with Crippen molar-refractivity contribution in [2.75, 3.05) is 0 Å². The van der Waals surface area contributed by atoms with Gasteiger partial charge in [-0.1, -0.05) is 82.3 Å². The molecule has 4 nitrogen and oxygen atoms in total. The quantitative estimate of drug-likeness (QED) is 0.198. The van der Waals surface area contributed by atoms with Gasteiger partial charge in [0.05, 0.1) is 12.5 Å². The van der Waals surface area contributed by atoms with Gasteiger partial charge in [-0.3, -0.25) is 0 Å². The number of furan rings is 1. The molecule has 0 amide bonds. The maximum absolute atomic E-state index is 15.0. The number of aliphatic imine (C=N–C) groups is 1. The van der Waals surface area contributed by atoms with E-state index in [4.69, 9.17) is 4.42 Å². The third-order valence-electron chi connectivity index (χ3n) is 9.19. The number of fused-ring (bicyclic) bond motifs is 6. The van der Waals surface area contributed by atoms with E-state index in [1.165, 1.54) is 16.8 Å². The van der Waals surface area contributed by atoms with Crippen LogP contribution in [0, 0.1) is 6.92 Å². The van der Waals surface area contributed by atoms with E-state index in [0.717, 1.165) is 49.9 Å². The molecule has 0 atom stereocenters. The number of benzene rings is 4. The van der Waals surface area contributed by atoms with Crippen LogP contribution in [-0.2, 0) is 12.5 Å². The van der Waals surface area contributed by atoms with Crippen LogP contribution in [0.1, 0.15) is 75.6 Å². The Morgan fingerprint density at radius 1 is 0.833 bits per heavy atom. The van der Waals surface area contributed by atoms with Crippen molar-refractivity contribution in [3.8, 4) is 17.1 Å². The zero-order valence-electron chi connectivity index (χ0n) is 25.6. The van der Waals surface area contributed by atoms with Gasteiger partial charge in [0.2, 0.25) is 0 Å². The first-order valence-corrected chi connectivity index (χ1v) is 14.9. The molecule has 0 aliphatic carbocycles. The summed E-state index contributed by atoms with van der Waals surface area (Å²) in [6, 6.07) is 23.7. The molecule has 0 unspecified atom stereocenters. The lowest BCUT2D eigenvalue weighted by atomic mass is 9.86. The Morgan fingerprint density at radius 2 is 1.48 bits per heavy atom. The molecule has 2 aromatic heterocycles. The first kappa shape index (κ1) is 26.6. The highest BCUT2D eigenvalue weighted by atomic mass is 19.1. The Balaban J connectivity index is 1.65. The first-order valence-electron chi connectivity index (χ1n) is 14.9. The summed E-state index contributed by atoms with van der Waals surface area (Å²) in [7, 11) is 2.14. The van der Waals surface area contributed by atoms with E-state index in [-0.39, 0.29) is 5.97 Å². The summed E-state index contributed by atoms with van der Waals surface area (Å²) in [6.07, 6.45) is 0. The molecule has 0 bridgehead atoms. The summed E-state index contributed by atoms with van der Waals surface area (Å²) >= 11 is 0. The lowest BCUT2D eigenvalue weighted by Crippen LogP contribution is -2.30. The van der Waals surface area contributed by atoms with Crippen molar-refractivity contribution >= 4 is 44.6 Å². The highest BCUT2D eigenvalue weighted by molar-refractivity contribution is 6.15. The average molecular weight is 559 g/mol. The summed E-state index contributed by atoms with van der Waals surface area (Å²) < 4.78 is 26.5. The molecule has 42 heavy (non-hydrogen) atoms. The summed E-state index contributed by atoms with van der Waals surface area (Å²) in [5, 5.41) is 1.96. The number of aryl methyl sites for hydroxylation is 2. The van der Waals surface area contributed by atoms with E-state index in [1.807, 2.05) is 19.9 Å². The largest absolute Gasteiger partial charge is 0.453 e. The predicted molar refractivity (Wildman–Crippen MR) is 171 cm³/mol. The fraction of sp³-hybridized carbons (Fsp3) is 0.297. The van der Waals surface area contributed by atoms with Gasteiger partial charge < -0.3 is 4.42 Å². The molecule has 0 radical (unpaired) electrons. The zero-order valence-corrected chi connectivity index (χ0v) is 25.6. The monoisotopic (exact) mass is 558 g/mol. The van der Waals surface area contributed by atoms with Crippen LogP contribution in [0.5, 0.6) is 0 Å². The van der Waals surface area contributed by atoms with Gasteiger partial charge in [0.25, 0.3) is 5.82 Å². The summed E-state index contributed by atoms with van der Waals surface area (Å²) in [6.45, 7) is 15.0. The molecule has 6 aromatic rings. The lowest BCUT2D eigenvalue weighted by Gasteiger charge is -2.18. The molecule has 0 saturated heterocycles. The standard InChI is InChI=1S/C37H37FN3O/c1-20(2)23-12-11-13-24(21(3)4)32(23)41-29-15-10-9-14-28(29)40(8)35(41)30-22(5)16-17-25-26-18-19-27-31(34(26)42-33(25)30)39-36(38)37(27,6)7/h9-21H,1-8H3/q+1. The Labute approximate surface area is 246 Å². The number of aromatic nitrogens is 2. The molecule has 0 N–H and O–H groups in total. The Bertz CT molecular complexity index is 2080. The normalized spacial score (nSPS) is 14.6. The molecular weight excluding hydrogens is 521 g/mol. The van der Waals surface area contributed by atoms with E-state index < -0.39 is 5.41 Å². The summed E-state index contributed by atoms with van der Waals surface area (Å²) in [5.41, 5.74) is 10.4. The first-order chi connectivity index (χ1) is 20.0. The Morgan fingerprint density at radius 3 is 2.17 bits per heavy atom. The van der Waals surface area contributed by atoms with Crippen LogP contribution < -0.4 is 4.57 Å². The second kappa shape index (κ2) is 9.12. The number of nitrogens with zero attached hydrogens (tertiary/aromatic N) is 3. The van der Waals surface area contributed by atoms with Crippen LogP contribution in [0.25, 0.3) is 50.0 Å².